The van der Waals surface area contributed by atoms with E-state index in [1.807, 2.05) is 24.3 Å². The van der Waals surface area contributed by atoms with Crippen molar-refractivity contribution in [3.05, 3.63) is 65.2 Å². The Morgan fingerprint density at radius 2 is 1.44 bits per heavy atom. The van der Waals surface area contributed by atoms with Gasteiger partial charge in [-0.25, -0.2) is 0 Å². The molecule has 2 aromatic rings. The third kappa shape index (κ3) is 3.18. The van der Waals surface area contributed by atoms with E-state index < -0.39 is 0 Å². The number of rotatable bonds is 5. The van der Waals surface area contributed by atoms with Crippen LogP contribution in [0.5, 0.6) is 11.5 Å². The monoisotopic (exact) mass is 492 g/mol. The van der Waals surface area contributed by atoms with Crippen LogP contribution >= 0.6 is 15.9 Å². The van der Waals surface area contributed by atoms with E-state index >= 15 is 0 Å². The van der Waals surface area contributed by atoms with Gasteiger partial charge in [0.25, 0.3) is 0 Å². The second-order valence-corrected chi connectivity index (χ2v) is 9.96. The van der Waals surface area contributed by atoms with Crippen LogP contribution in [0, 0.1) is 35.5 Å². The van der Waals surface area contributed by atoms with Gasteiger partial charge in [-0.2, -0.15) is 0 Å². The van der Waals surface area contributed by atoms with E-state index in [1.165, 1.54) is 4.90 Å². The number of nitrogens with one attached hydrogen (secondary N) is 1. The van der Waals surface area contributed by atoms with Gasteiger partial charge in [-0.1, -0.05) is 28.1 Å². The van der Waals surface area contributed by atoms with Gasteiger partial charge in [-0.05, 0) is 78.6 Å². The lowest BCUT2D eigenvalue weighted by atomic mass is 9.63. The Hall–Kier alpha value is -2.93. The third-order valence-corrected chi connectivity index (χ3v) is 7.77. The van der Waals surface area contributed by atoms with Gasteiger partial charge in [0.05, 0.1) is 11.8 Å². The molecule has 3 fully saturated rings. The lowest BCUT2D eigenvalue weighted by Gasteiger charge is -2.37. The van der Waals surface area contributed by atoms with E-state index in [-0.39, 0.29) is 47.9 Å². The quantitative estimate of drug-likeness (QED) is 0.500. The molecule has 0 aromatic heterocycles. The highest BCUT2D eigenvalue weighted by molar-refractivity contribution is 9.10. The molecule has 7 heteroatoms. The molecule has 1 aliphatic heterocycles. The van der Waals surface area contributed by atoms with Gasteiger partial charge in [0.2, 0.25) is 17.7 Å². The van der Waals surface area contributed by atoms with Crippen LogP contribution in [0.2, 0.25) is 0 Å². The van der Waals surface area contributed by atoms with Crippen LogP contribution in [-0.4, -0.2) is 29.2 Å². The number of imide groups is 1. The molecule has 4 aliphatic carbocycles. The van der Waals surface area contributed by atoms with Crippen molar-refractivity contribution in [3.8, 4) is 11.5 Å². The highest BCUT2D eigenvalue weighted by Crippen LogP contribution is 2.65. The minimum atomic E-state index is -0.377. The van der Waals surface area contributed by atoms with Crippen LogP contribution in [0.1, 0.15) is 6.42 Å². The van der Waals surface area contributed by atoms with E-state index in [9.17, 15) is 14.4 Å². The second-order valence-electron chi connectivity index (χ2n) is 9.05. The summed E-state index contributed by atoms with van der Waals surface area (Å²) in [6.07, 6.45) is 5.39. The Balaban J connectivity index is 1.09. The van der Waals surface area contributed by atoms with E-state index in [2.05, 4.69) is 33.4 Å². The molecule has 1 saturated heterocycles. The fraction of sp³-hybridized carbons (Fsp3) is 0.320. The molecule has 1 N–H and O–H groups in total. The predicted molar refractivity (Wildman–Crippen MR) is 121 cm³/mol. The summed E-state index contributed by atoms with van der Waals surface area (Å²) in [5, 5.41) is 2.78. The fourth-order valence-electron chi connectivity index (χ4n) is 5.76. The molecule has 0 spiro atoms. The largest absolute Gasteiger partial charge is 0.457 e. The van der Waals surface area contributed by atoms with E-state index in [0.29, 0.717) is 29.0 Å². The first-order chi connectivity index (χ1) is 15.5. The lowest BCUT2D eigenvalue weighted by molar-refractivity contribution is -0.142. The Bertz CT molecular complexity index is 1110. The van der Waals surface area contributed by atoms with Crippen LogP contribution in [0.25, 0.3) is 0 Å². The highest BCUT2D eigenvalue weighted by atomic mass is 79.9. The van der Waals surface area contributed by atoms with E-state index in [1.54, 1.807) is 24.3 Å². The summed E-state index contributed by atoms with van der Waals surface area (Å²) < 4.78 is 6.75. The number of carbonyl (C=O) groups excluding carboxylic acids is 3. The molecule has 32 heavy (non-hydrogen) atoms. The average molecular weight is 493 g/mol. The van der Waals surface area contributed by atoms with Crippen LogP contribution < -0.4 is 10.1 Å². The van der Waals surface area contributed by atoms with Gasteiger partial charge in [0, 0.05) is 10.2 Å². The van der Waals surface area contributed by atoms with Gasteiger partial charge in [0.1, 0.15) is 18.0 Å². The van der Waals surface area contributed by atoms with Crippen LogP contribution in [0.3, 0.4) is 0 Å². The van der Waals surface area contributed by atoms with Crippen LogP contribution in [-0.2, 0) is 14.4 Å². The Kier molecular flexibility index (Phi) is 4.50. The molecule has 1 heterocycles. The first kappa shape index (κ1) is 19.7. The normalized spacial score (nSPS) is 31.3. The first-order valence-electron chi connectivity index (χ1n) is 10.9. The number of anilines is 1. The highest BCUT2D eigenvalue weighted by Gasteiger charge is 2.67. The third-order valence-electron chi connectivity index (χ3n) is 7.24. The molecule has 0 unspecified atom stereocenters. The smallest absolute Gasteiger partial charge is 0.244 e. The molecule has 5 aliphatic rings. The lowest BCUT2D eigenvalue weighted by Crippen LogP contribution is -2.40. The van der Waals surface area contributed by atoms with Crippen molar-refractivity contribution in [2.24, 2.45) is 35.5 Å². The summed E-state index contributed by atoms with van der Waals surface area (Å²) in [5.41, 5.74) is 0.581. The molecule has 0 radical (unpaired) electrons. The SMILES string of the molecule is O=C(CN1C(=O)[C@@H]2[C@@H]3C=C[C@@H]([C@H]4C[C@H]34)[C@@H]2C1=O)Nc1ccc(Oc2ccc(Br)cc2)cc1. The maximum absolute atomic E-state index is 13.0. The van der Waals surface area contributed by atoms with Crippen molar-refractivity contribution < 1.29 is 19.1 Å². The number of allylic oxidation sites excluding steroid dienone is 2. The minimum absolute atomic E-state index is 0.165. The zero-order valence-electron chi connectivity index (χ0n) is 17.1. The molecule has 2 bridgehead atoms. The summed E-state index contributed by atoms with van der Waals surface area (Å²) in [6, 6.07) is 14.5. The van der Waals surface area contributed by atoms with Crippen LogP contribution in [0.15, 0.2) is 65.2 Å². The average Bonchev–Trinajstić information content (AvgIpc) is 3.58. The minimum Gasteiger partial charge on any atom is -0.457 e. The maximum atomic E-state index is 13.0. The van der Waals surface area contributed by atoms with Crippen molar-refractivity contribution in [1.82, 2.24) is 4.90 Å². The zero-order chi connectivity index (χ0) is 22.0. The van der Waals surface area contributed by atoms with Gasteiger partial charge in [-0.3, -0.25) is 19.3 Å². The summed E-state index contributed by atoms with van der Waals surface area (Å²) in [7, 11) is 0. The van der Waals surface area contributed by atoms with Crippen molar-refractivity contribution in [3.63, 3.8) is 0 Å². The summed E-state index contributed by atoms with van der Waals surface area (Å²) >= 11 is 3.39. The van der Waals surface area contributed by atoms with Gasteiger partial charge >= 0.3 is 0 Å². The number of nitrogens with zero attached hydrogens (tertiary/aromatic N) is 1. The Morgan fingerprint density at radius 1 is 0.906 bits per heavy atom. The maximum Gasteiger partial charge on any atom is 0.244 e. The molecular formula is C25H21BrN2O4. The zero-order valence-corrected chi connectivity index (χ0v) is 18.7. The molecule has 2 aromatic carbocycles. The number of halogens is 1. The summed E-state index contributed by atoms with van der Waals surface area (Å²) in [6.45, 7) is -0.239. The predicted octanol–water partition coefficient (Wildman–Crippen LogP) is 4.23. The molecule has 162 valence electrons. The molecular weight excluding hydrogens is 472 g/mol. The number of amides is 3. The first-order valence-corrected chi connectivity index (χ1v) is 11.7. The number of carbonyl (C=O) groups is 3. The number of hydrogen-bond acceptors (Lipinski definition) is 4. The standard InChI is InChI=1S/C25H21BrN2O4/c26-13-1-5-15(6-2-13)32-16-7-3-14(4-8-16)27-21(29)12-28-24(30)22-17-9-10-18(20-11-19(17)20)23(22)25(28)31/h1-10,17-20,22-23H,11-12H2,(H,27,29)/t17-,18+,19-,20-,22-,23+/m1/s1. The molecule has 6 nitrogen and oxygen atoms in total. The molecule has 7 rings (SSSR count). The van der Waals surface area contributed by atoms with Gasteiger partial charge < -0.3 is 10.1 Å². The van der Waals surface area contributed by atoms with Gasteiger partial charge in [-0.15, -0.1) is 0 Å². The van der Waals surface area contributed by atoms with Gasteiger partial charge in [0.15, 0.2) is 0 Å². The topological polar surface area (TPSA) is 75.7 Å². The Labute approximate surface area is 193 Å². The van der Waals surface area contributed by atoms with Crippen molar-refractivity contribution in [1.29, 1.82) is 0 Å². The molecule has 2 saturated carbocycles. The Morgan fingerprint density at radius 3 is 2.00 bits per heavy atom. The number of ether oxygens (including phenoxy) is 1. The molecule has 6 atom stereocenters. The van der Waals surface area contributed by atoms with Crippen molar-refractivity contribution >= 4 is 39.3 Å². The molecule has 3 amide bonds. The summed E-state index contributed by atoms with van der Waals surface area (Å²) in [5.74, 6) is 1.49. The second kappa shape index (κ2) is 7.30. The van der Waals surface area contributed by atoms with E-state index in [4.69, 9.17) is 4.74 Å². The number of benzene rings is 2. The fourth-order valence-corrected chi connectivity index (χ4v) is 6.03. The van der Waals surface area contributed by atoms with Crippen molar-refractivity contribution in [2.75, 3.05) is 11.9 Å². The van der Waals surface area contributed by atoms with Crippen LogP contribution in [0.4, 0.5) is 5.69 Å². The van der Waals surface area contributed by atoms with Crippen molar-refractivity contribution in [2.45, 2.75) is 6.42 Å². The van der Waals surface area contributed by atoms with E-state index in [0.717, 1.165) is 10.9 Å². The number of hydrogen-bond donors (Lipinski definition) is 1. The number of likely N-dealkylation sites (tertiary alicyclic amines) is 1. The summed E-state index contributed by atoms with van der Waals surface area (Å²) in [4.78, 5) is 39.8.